The number of hydrogen-bond donors (Lipinski definition) is 0. The molecule has 0 aromatic heterocycles. The zero-order valence-electron chi connectivity index (χ0n) is 8.67. The van der Waals surface area contributed by atoms with Gasteiger partial charge >= 0.3 is 5.97 Å². The van der Waals surface area contributed by atoms with E-state index in [1.807, 2.05) is 13.0 Å². The Hall–Kier alpha value is -1.91. The Morgan fingerprint density at radius 3 is 2.60 bits per heavy atom. The highest BCUT2D eigenvalue weighted by Gasteiger charge is 2.08. The van der Waals surface area contributed by atoms with Crippen molar-refractivity contribution in [1.29, 1.82) is 0 Å². The number of carbonyl (C=O) groups excluding carboxylic acids is 1. The fraction of sp³-hybridized carbons (Fsp3) is 0.300. The molecule has 0 aliphatic rings. The Morgan fingerprint density at radius 1 is 1.47 bits per heavy atom. The summed E-state index contributed by atoms with van der Waals surface area (Å²) in [4.78, 5) is 20.6. The van der Waals surface area contributed by atoms with Crippen molar-refractivity contribution in [3.63, 3.8) is 0 Å². The molecule has 0 spiro atoms. The van der Waals surface area contributed by atoms with E-state index in [1.165, 1.54) is 12.2 Å². The predicted octanol–water partition coefficient (Wildman–Crippen LogP) is 1.84. The van der Waals surface area contributed by atoms with Crippen LogP contribution in [0.1, 0.15) is 13.3 Å². The number of ether oxygens (including phenoxy) is 1. The summed E-state index contributed by atoms with van der Waals surface area (Å²) in [5, 5.41) is 10.5. The average Bonchev–Trinajstić information content (AvgIpc) is 2.21. The fourth-order valence-electron chi connectivity index (χ4n) is 0.710. The van der Waals surface area contributed by atoms with Crippen molar-refractivity contribution < 1.29 is 14.5 Å². The van der Waals surface area contributed by atoms with Crippen LogP contribution in [0.4, 0.5) is 0 Å². The second-order valence-corrected chi connectivity index (χ2v) is 2.54. The largest absolute Gasteiger partial charge is 0.466 e. The molecule has 0 radical (unpaired) electrons. The van der Waals surface area contributed by atoms with Crippen molar-refractivity contribution in [3.05, 3.63) is 46.2 Å². The van der Waals surface area contributed by atoms with Gasteiger partial charge in [-0.05, 0) is 6.42 Å². The van der Waals surface area contributed by atoms with E-state index in [-0.39, 0.29) is 5.70 Å². The van der Waals surface area contributed by atoms with Crippen molar-refractivity contribution >= 4 is 5.97 Å². The highest BCUT2D eigenvalue weighted by Crippen LogP contribution is 1.99. The topological polar surface area (TPSA) is 69.4 Å². The molecule has 82 valence electrons. The maximum absolute atomic E-state index is 10.8. The van der Waals surface area contributed by atoms with Gasteiger partial charge in [0.25, 0.3) is 5.70 Å². The number of nitro groups is 1. The first kappa shape index (κ1) is 13.1. The maximum Gasteiger partial charge on any atom is 0.337 e. The molecule has 0 atom stereocenters. The van der Waals surface area contributed by atoms with Crippen molar-refractivity contribution in [2.24, 2.45) is 0 Å². The van der Waals surface area contributed by atoms with Crippen molar-refractivity contribution in [3.8, 4) is 0 Å². The van der Waals surface area contributed by atoms with Gasteiger partial charge in [0.15, 0.2) is 0 Å². The third kappa shape index (κ3) is 6.20. The number of esters is 1. The predicted molar refractivity (Wildman–Crippen MR) is 55.7 cm³/mol. The molecule has 15 heavy (non-hydrogen) atoms. The lowest BCUT2D eigenvalue weighted by molar-refractivity contribution is -0.419. The van der Waals surface area contributed by atoms with Gasteiger partial charge in [-0.1, -0.05) is 25.2 Å². The molecule has 0 N–H and O–H groups in total. The lowest BCUT2D eigenvalue weighted by atomic mass is 10.3. The molecule has 5 heteroatoms. The van der Waals surface area contributed by atoms with Gasteiger partial charge < -0.3 is 4.74 Å². The molecule has 5 nitrogen and oxygen atoms in total. The van der Waals surface area contributed by atoms with Crippen molar-refractivity contribution in [1.82, 2.24) is 0 Å². The Labute approximate surface area is 87.9 Å². The quantitative estimate of drug-likeness (QED) is 0.229. The van der Waals surface area contributed by atoms with Crippen LogP contribution < -0.4 is 0 Å². The molecule has 0 amide bonds. The van der Waals surface area contributed by atoms with E-state index in [2.05, 4.69) is 4.74 Å². The van der Waals surface area contributed by atoms with Gasteiger partial charge in [-0.15, -0.1) is 0 Å². The van der Waals surface area contributed by atoms with E-state index in [0.717, 1.165) is 19.6 Å². The minimum absolute atomic E-state index is 0.303. The van der Waals surface area contributed by atoms with Crippen LogP contribution in [0, 0.1) is 10.1 Å². The van der Waals surface area contributed by atoms with Crippen LogP contribution in [0.15, 0.2) is 36.1 Å². The molecule has 0 saturated carbocycles. The number of rotatable bonds is 5. The van der Waals surface area contributed by atoms with Crippen LogP contribution in [-0.4, -0.2) is 18.0 Å². The van der Waals surface area contributed by atoms with Gasteiger partial charge in [-0.3, -0.25) is 10.1 Å². The summed E-state index contributed by atoms with van der Waals surface area (Å²) in [5.74, 6) is -0.745. The molecule has 0 heterocycles. The highest BCUT2D eigenvalue weighted by molar-refractivity contribution is 5.82. The molecular formula is C10H13NO4. The van der Waals surface area contributed by atoms with Gasteiger partial charge in [0.05, 0.1) is 12.0 Å². The molecule has 0 aliphatic heterocycles. The Kier molecular flexibility index (Phi) is 6.54. The van der Waals surface area contributed by atoms with Crippen LogP contribution in [0.2, 0.25) is 0 Å². The normalized spacial score (nSPS) is 12.3. The molecule has 0 fully saturated rings. The summed E-state index contributed by atoms with van der Waals surface area (Å²) in [6.07, 6.45) is 7.93. The molecule has 0 aliphatic carbocycles. The first-order valence-corrected chi connectivity index (χ1v) is 4.39. The molecule has 0 aromatic rings. The SMILES string of the molecule is CCC=C/C=C\C(=C\C(=O)OC)[N+](=O)[O-]. The van der Waals surface area contributed by atoms with Crippen LogP contribution in [0.5, 0.6) is 0 Å². The summed E-state index contributed by atoms with van der Waals surface area (Å²) in [6.45, 7) is 1.95. The Balaban J connectivity index is 4.62. The fourth-order valence-corrected chi connectivity index (χ4v) is 0.710. The summed E-state index contributed by atoms with van der Waals surface area (Å²) in [6, 6.07) is 0. The molecule has 0 saturated heterocycles. The number of nitrogens with zero attached hydrogens (tertiary/aromatic N) is 1. The van der Waals surface area contributed by atoms with Gasteiger partial charge in [0.1, 0.15) is 6.08 Å². The molecule has 0 unspecified atom stereocenters. The average molecular weight is 211 g/mol. The Morgan fingerprint density at radius 2 is 2.13 bits per heavy atom. The van der Waals surface area contributed by atoms with Gasteiger partial charge in [-0.25, -0.2) is 4.79 Å². The zero-order valence-corrected chi connectivity index (χ0v) is 8.67. The summed E-state index contributed by atoms with van der Waals surface area (Å²) in [7, 11) is 1.16. The lowest BCUT2D eigenvalue weighted by Gasteiger charge is -1.91. The second-order valence-electron chi connectivity index (χ2n) is 2.54. The van der Waals surface area contributed by atoms with Crippen molar-refractivity contribution in [2.45, 2.75) is 13.3 Å². The van der Waals surface area contributed by atoms with Gasteiger partial charge in [-0.2, -0.15) is 0 Å². The van der Waals surface area contributed by atoms with E-state index in [0.29, 0.717) is 0 Å². The van der Waals surface area contributed by atoms with E-state index in [9.17, 15) is 14.9 Å². The Bertz CT molecular complexity index is 315. The van der Waals surface area contributed by atoms with Gasteiger partial charge in [0.2, 0.25) is 0 Å². The summed E-state index contributed by atoms with van der Waals surface area (Å²) < 4.78 is 4.29. The van der Waals surface area contributed by atoms with Gasteiger partial charge in [0, 0.05) is 6.08 Å². The molecule has 0 rings (SSSR count). The number of hydrogen-bond acceptors (Lipinski definition) is 4. The standard InChI is InChI=1S/C10H13NO4/c1-3-4-5-6-7-9(11(13)14)8-10(12)15-2/h4-8H,3H2,1-2H3/b5-4?,7-6-,9-8-. The molecular weight excluding hydrogens is 198 g/mol. The summed E-state index contributed by atoms with van der Waals surface area (Å²) in [5.41, 5.74) is -0.303. The highest BCUT2D eigenvalue weighted by atomic mass is 16.6. The monoisotopic (exact) mass is 211 g/mol. The van der Waals surface area contributed by atoms with E-state index < -0.39 is 10.9 Å². The van der Waals surface area contributed by atoms with Crippen LogP contribution in [0.25, 0.3) is 0 Å². The molecule has 0 bridgehead atoms. The summed E-state index contributed by atoms with van der Waals surface area (Å²) >= 11 is 0. The first-order chi connectivity index (χ1) is 7.11. The lowest BCUT2D eigenvalue weighted by Crippen LogP contribution is -2.02. The minimum atomic E-state index is -0.745. The van der Waals surface area contributed by atoms with E-state index >= 15 is 0 Å². The maximum atomic E-state index is 10.8. The van der Waals surface area contributed by atoms with Crippen molar-refractivity contribution in [2.75, 3.05) is 7.11 Å². The smallest absolute Gasteiger partial charge is 0.337 e. The van der Waals surface area contributed by atoms with E-state index in [4.69, 9.17) is 0 Å². The second kappa shape index (κ2) is 7.49. The van der Waals surface area contributed by atoms with Crippen LogP contribution >= 0.6 is 0 Å². The van der Waals surface area contributed by atoms with Crippen LogP contribution in [-0.2, 0) is 9.53 Å². The third-order valence-electron chi connectivity index (χ3n) is 1.43. The number of methoxy groups -OCH3 is 1. The zero-order chi connectivity index (χ0) is 11.7. The number of carbonyl (C=O) groups is 1. The van der Waals surface area contributed by atoms with Crippen LogP contribution in [0.3, 0.4) is 0 Å². The minimum Gasteiger partial charge on any atom is -0.466 e. The third-order valence-corrected chi connectivity index (χ3v) is 1.43. The van der Waals surface area contributed by atoms with E-state index in [1.54, 1.807) is 6.08 Å². The first-order valence-electron chi connectivity index (χ1n) is 4.39. The molecule has 0 aromatic carbocycles. The number of allylic oxidation sites excluding steroid dienone is 4.